The Labute approximate surface area is 135 Å². The third-order valence-corrected chi connectivity index (χ3v) is 4.52. The average molecular weight is 308 g/mol. The summed E-state index contributed by atoms with van der Waals surface area (Å²) in [7, 11) is 0. The maximum absolute atomic E-state index is 6.08. The molecule has 0 bridgehead atoms. The molecule has 1 aliphatic heterocycles. The highest BCUT2D eigenvalue weighted by Gasteiger charge is 2.27. The van der Waals surface area contributed by atoms with Crippen molar-refractivity contribution in [3.63, 3.8) is 0 Å². The van der Waals surface area contributed by atoms with E-state index in [4.69, 9.17) is 4.74 Å². The third kappa shape index (κ3) is 2.63. The summed E-state index contributed by atoms with van der Waals surface area (Å²) in [6.45, 7) is 3.82. The Hall–Kier alpha value is -2.56. The maximum Gasteiger partial charge on any atom is 0.179 e. The molecule has 1 saturated heterocycles. The molecular formula is C18H20N4O. The molecule has 1 fully saturated rings. The van der Waals surface area contributed by atoms with Crippen LogP contribution in [0.3, 0.4) is 0 Å². The molecule has 4 rings (SSSR count). The zero-order chi connectivity index (χ0) is 15.6. The van der Waals surface area contributed by atoms with Crippen LogP contribution in [0.4, 0.5) is 5.69 Å². The van der Waals surface area contributed by atoms with E-state index in [1.807, 2.05) is 24.4 Å². The molecule has 0 radical (unpaired) electrons. The number of ether oxygens (including phenoxy) is 1. The predicted molar refractivity (Wildman–Crippen MR) is 90.9 cm³/mol. The minimum absolute atomic E-state index is 0.378. The molecule has 1 aliphatic rings. The molecule has 0 amide bonds. The van der Waals surface area contributed by atoms with Gasteiger partial charge in [-0.3, -0.25) is 0 Å². The maximum atomic E-state index is 6.08. The summed E-state index contributed by atoms with van der Waals surface area (Å²) in [5.74, 6) is 0.973. The molecular weight excluding hydrogens is 288 g/mol. The summed E-state index contributed by atoms with van der Waals surface area (Å²) >= 11 is 0. The molecule has 5 nitrogen and oxygen atoms in total. The molecule has 1 N–H and O–H groups in total. The number of rotatable bonds is 4. The Kier molecular flexibility index (Phi) is 3.61. The van der Waals surface area contributed by atoms with Gasteiger partial charge in [0.1, 0.15) is 17.9 Å². The van der Waals surface area contributed by atoms with Gasteiger partial charge in [-0.15, -0.1) is 0 Å². The van der Waals surface area contributed by atoms with E-state index < -0.39 is 0 Å². The highest BCUT2D eigenvalue weighted by atomic mass is 16.5. The van der Waals surface area contributed by atoms with Crippen LogP contribution in [0.5, 0.6) is 5.75 Å². The van der Waals surface area contributed by atoms with E-state index in [0.29, 0.717) is 12.6 Å². The van der Waals surface area contributed by atoms with Crippen LogP contribution in [0.25, 0.3) is 11.2 Å². The molecule has 5 heteroatoms. The standard InChI is InChI=1S/C18H20N4O/c1-13-5-2-3-7-16(13)23-11-14-6-4-10-22(14)15-8-9-19-18-17(15)20-12-21-18/h2-3,5,7-9,12,14H,4,6,10-11H2,1H3,(H,19,20,21)/t14-/m1/s1. The smallest absolute Gasteiger partial charge is 0.179 e. The molecule has 0 spiro atoms. The number of nitrogens with zero attached hydrogens (tertiary/aromatic N) is 3. The second-order valence-electron chi connectivity index (χ2n) is 6.00. The third-order valence-electron chi connectivity index (χ3n) is 4.52. The van der Waals surface area contributed by atoms with Gasteiger partial charge in [0.25, 0.3) is 0 Å². The number of hydrogen-bond acceptors (Lipinski definition) is 4. The molecule has 3 heterocycles. The van der Waals surface area contributed by atoms with Crippen LogP contribution in [0.1, 0.15) is 18.4 Å². The number of aryl methyl sites for hydroxylation is 1. The van der Waals surface area contributed by atoms with Crippen molar-refractivity contribution in [2.24, 2.45) is 0 Å². The lowest BCUT2D eigenvalue weighted by atomic mass is 10.2. The van der Waals surface area contributed by atoms with Crippen LogP contribution in [-0.4, -0.2) is 34.1 Å². The molecule has 0 aliphatic carbocycles. The largest absolute Gasteiger partial charge is 0.491 e. The molecule has 118 valence electrons. The van der Waals surface area contributed by atoms with Crippen molar-refractivity contribution in [2.75, 3.05) is 18.1 Å². The topological polar surface area (TPSA) is 54.0 Å². The summed E-state index contributed by atoms with van der Waals surface area (Å²) in [5.41, 5.74) is 4.13. The van der Waals surface area contributed by atoms with Gasteiger partial charge < -0.3 is 14.6 Å². The number of anilines is 1. The van der Waals surface area contributed by atoms with Crippen LogP contribution in [0.15, 0.2) is 42.9 Å². The lowest BCUT2D eigenvalue weighted by Gasteiger charge is -2.27. The van der Waals surface area contributed by atoms with Crippen LogP contribution in [0.2, 0.25) is 0 Å². The van der Waals surface area contributed by atoms with Crippen molar-refractivity contribution in [1.82, 2.24) is 15.0 Å². The first kappa shape index (κ1) is 14.1. The van der Waals surface area contributed by atoms with Gasteiger partial charge in [-0.25, -0.2) is 9.97 Å². The fourth-order valence-electron chi connectivity index (χ4n) is 3.31. The van der Waals surface area contributed by atoms with Crippen molar-refractivity contribution in [3.8, 4) is 5.75 Å². The first-order valence-electron chi connectivity index (χ1n) is 8.06. The Bertz CT molecular complexity index is 813. The average Bonchev–Trinajstić information content (AvgIpc) is 3.22. The van der Waals surface area contributed by atoms with E-state index in [0.717, 1.165) is 29.9 Å². The minimum Gasteiger partial charge on any atom is -0.491 e. The number of imidazole rings is 1. The molecule has 2 aromatic heterocycles. The molecule has 0 saturated carbocycles. The quantitative estimate of drug-likeness (QED) is 0.803. The fraction of sp³-hybridized carbons (Fsp3) is 0.333. The second kappa shape index (κ2) is 5.91. The van der Waals surface area contributed by atoms with Gasteiger partial charge in [0, 0.05) is 12.7 Å². The van der Waals surface area contributed by atoms with Crippen LogP contribution >= 0.6 is 0 Å². The van der Waals surface area contributed by atoms with Crippen LogP contribution in [-0.2, 0) is 0 Å². The van der Waals surface area contributed by atoms with Gasteiger partial charge in [0.15, 0.2) is 5.65 Å². The molecule has 23 heavy (non-hydrogen) atoms. The van der Waals surface area contributed by atoms with Crippen LogP contribution < -0.4 is 9.64 Å². The molecule has 0 unspecified atom stereocenters. The normalized spacial score (nSPS) is 17.8. The monoisotopic (exact) mass is 308 g/mol. The summed E-state index contributed by atoms with van der Waals surface area (Å²) in [6.07, 6.45) is 5.86. The molecule has 1 aromatic carbocycles. The van der Waals surface area contributed by atoms with Gasteiger partial charge in [0.2, 0.25) is 0 Å². The number of pyridine rings is 1. The molecule has 1 atom stereocenters. The van der Waals surface area contributed by atoms with Gasteiger partial charge in [-0.05, 0) is 37.5 Å². The van der Waals surface area contributed by atoms with Crippen molar-refractivity contribution in [1.29, 1.82) is 0 Å². The lowest BCUT2D eigenvalue weighted by molar-refractivity contribution is 0.287. The highest BCUT2D eigenvalue weighted by molar-refractivity contribution is 5.85. The summed E-state index contributed by atoms with van der Waals surface area (Å²) in [5, 5.41) is 0. The number of aromatic amines is 1. The summed E-state index contributed by atoms with van der Waals surface area (Å²) < 4.78 is 6.08. The number of hydrogen-bond donors (Lipinski definition) is 1. The predicted octanol–water partition coefficient (Wildman–Crippen LogP) is 3.31. The number of benzene rings is 1. The summed E-state index contributed by atoms with van der Waals surface area (Å²) in [6, 6.07) is 10.6. The second-order valence-corrected chi connectivity index (χ2v) is 6.00. The van der Waals surface area contributed by atoms with Crippen molar-refractivity contribution in [2.45, 2.75) is 25.8 Å². The lowest BCUT2D eigenvalue weighted by Crippen LogP contribution is -2.34. The Morgan fingerprint density at radius 2 is 2.17 bits per heavy atom. The van der Waals surface area contributed by atoms with E-state index in [1.54, 1.807) is 6.33 Å². The van der Waals surface area contributed by atoms with Crippen LogP contribution in [0, 0.1) is 6.92 Å². The Balaban J connectivity index is 1.55. The first-order chi connectivity index (χ1) is 11.3. The number of fused-ring (bicyclic) bond motifs is 1. The van der Waals surface area contributed by atoms with E-state index in [2.05, 4.69) is 38.9 Å². The fourth-order valence-corrected chi connectivity index (χ4v) is 3.31. The van der Waals surface area contributed by atoms with Gasteiger partial charge in [-0.2, -0.15) is 0 Å². The van der Waals surface area contributed by atoms with Crippen molar-refractivity contribution in [3.05, 3.63) is 48.4 Å². The van der Waals surface area contributed by atoms with E-state index in [1.165, 1.54) is 17.7 Å². The Morgan fingerprint density at radius 1 is 1.26 bits per heavy atom. The van der Waals surface area contributed by atoms with E-state index >= 15 is 0 Å². The van der Waals surface area contributed by atoms with Gasteiger partial charge in [0.05, 0.1) is 18.1 Å². The summed E-state index contributed by atoms with van der Waals surface area (Å²) in [4.78, 5) is 14.2. The minimum atomic E-state index is 0.378. The number of H-pyrrole nitrogens is 1. The van der Waals surface area contributed by atoms with Crippen molar-refractivity contribution >= 4 is 16.9 Å². The zero-order valence-corrected chi connectivity index (χ0v) is 13.2. The first-order valence-corrected chi connectivity index (χ1v) is 8.06. The number of para-hydroxylation sites is 1. The molecule has 3 aromatic rings. The zero-order valence-electron chi connectivity index (χ0n) is 13.2. The number of aromatic nitrogens is 3. The number of nitrogens with one attached hydrogen (secondary N) is 1. The van der Waals surface area contributed by atoms with E-state index in [-0.39, 0.29) is 0 Å². The Morgan fingerprint density at radius 3 is 3.09 bits per heavy atom. The van der Waals surface area contributed by atoms with Gasteiger partial charge in [-0.1, -0.05) is 18.2 Å². The highest BCUT2D eigenvalue weighted by Crippen LogP contribution is 2.30. The van der Waals surface area contributed by atoms with Gasteiger partial charge >= 0.3 is 0 Å². The van der Waals surface area contributed by atoms with Crippen molar-refractivity contribution < 1.29 is 4.74 Å². The SMILES string of the molecule is Cc1ccccc1OC[C@H]1CCCN1c1ccnc2nc[nH]c12. The van der Waals surface area contributed by atoms with E-state index in [9.17, 15) is 0 Å².